The Bertz CT molecular complexity index is 1920. The molecule has 0 fully saturated rings. The van der Waals surface area contributed by atoms with Crippen LogP contribution >= 0.6 is 46.1 Å². The lowest BCUT2D eigenvalue weighted by atomic mass is 9.95. The molecule has 0 amide bonds. The Morgan fingerprint density at radius 3 is 2.42 bits per heavy atom. The van der Waals surface area contributed by atoms with Crippen LogP contribution in [0.5, 0.6) is 5.75 Å². The third-order valence-electron chi connectivity index (χ3n) is 6.38. The van der Waals surface area contributed by atoms with Crippen LogP contribution in [0.4, 0.5) is 13.2 Å². The number of hydrogen-bond acceptors (Lipinski definition) is 6. The number of rotatable bonds is 7. The number of hydrogen-bond donors (Lipinski definition) is 0. The molecule has 0 N–H and O–H groups in total. The summed E-state index contributed by atoms with van der Waals surface area (Å²) in [5.74, 6) is -0.884. The highest BCUT2D eigenvalue weighted by atomic mass is 35.5. The van der Waals surface area contributed by atoms with Crippen LogP contribution in [0.2, 0.25) is 15.1 Å². The van der Waals surface area contributed by atoms with Gasteiger partial charge in [0, 0.05) is 26.2 Å². The summed E-state index contributed by atoms with van der Waals surface area (Å²) in [7, 11) is 0. The number of aromatic nitrogens is 1. The summed E-state index contributed by atoms with van der Waals surface area (Å²) >= 11 is 19.3. The van der Waals surface area contributed by atoms with Gasteiger partial charge in [-0.05, 0) is 55.0 Å². The van der Waals surface area contributed by atoms with Crippen molar-refractivity contribution in [2.24, 2.45) is 4.99 Å². The van der Waals surface area contributed by atoms with Crippen molar-refractivity contribution in [2.75, 3.05) is 6.61 Å². The van der Waals surface area contributed by atoms with Crippen molar-refractivity contribution in [1.29, 1.82) is 0 Å². The highest BCUT2D eigenvalue weighted by Crippen LogP contribution is 2.38. The molecule has 0 saturated heterocycles. The van der Waals surface area contributed by atoms with Crippen LogP contribution in [0.15, 0.2) is 87.8 Å². The van der Waals surface area contributed by atoms with E-state index in [4.69, 9.17) is 44.3 Å². The topological polar surface area (TPSA) is 69.9 Å². The lowest BCUT2D eigenvalue weighted by molar-refractivity contribution is -0.140. The Balaban J connectivity index is 1.69. The number of thiazole rings is 1. The minimum atomic E-state index is -5.02. The van der Waals surface area contributed by atoms with Crippen LogP contribution in [0.3, 0.4) is 0 Å². The third kappa shape index (κ3) is 6.52. The molecule has 0 aliphatic carbocycles. The monoisotopic (exact) mass is 666 g/mol. The second-order valence-corrected chi connectivity index (χ2v) is 11.5. The number of halogens is 6. The first-order valence-electron chi connectivity index (χ1n) is 12.7. The minimum Gasteiger partial charge on any atom is -0.488 e. The number of allylic oxidation sites excluding steroid dienone is 1. The summed E-state index contributed by atoms with van der Waals surface area (Å²) in [6, 6.07) is 16.2. The Morgan fingerprint density at radius 1 is 1.05 bits per heavy atom. The highest BCUT2D eigenvalue weighted by molar-refractivity contribution is 7.07. The second-order valence-electron chi connectivity index (χ2n) is 9.18. The molecule has 13 heteroatoms. The van der Waals surface area contributed by atoms with Crippen LogP contribution in [0.1, 0.15) is 29.7 Å². The van der Waals surface area contributed by atoms with Crippen LogP contribution in [-0.2, 0) is 16.1 Å². The number of carbonyl (C=O) groups excluding carboxylic acids is 1. The van der Waals surface area contributed by atoms with Gasteiger partial charge in [0.15, 0.2) is 10.5 Å². The van der Waals surface area contributed by atoms with Gasteiger partial charge in [0.05, 0.1) is 22.8 Å². The minimum absolute atomic E-state index is 0.0363. The van der Waals surface area contributed by atoms with Crippen molar-refractivity contribution in [2.45, 2.75) is 25.7 Å². The van der Waals surface area contributed by atoms with Crippen molar-refractivity contribution in [3.63, 3.8) is 0 Å². The molecule has 1 aliphatic rings. The van der Waals surface area contributed by atoms with Crippen LogP contribution in [0, 0.1) is 0 Å². The largest absolute Gasteiger partial charge is 0.488 e. The van der Waals surface area contributed by atoms with E-state index in [-0.39, 0.29) is 28.1 Å². The second kappa shape index (κ2) is 12.6. The van der Waals surface area contributed by atoms with Crippen molar-refractivity contribution in [3.8, 4) is 5.75 Å². The zero-order valence-corrected chi connectivity index (χ0v) is 25.2. The summed E-state index contributed by atoms with van der Waals surface area (Å²) in [5, 5.41) is 1.16. The van der Waals surface area contributed by atoms with E-state index in [2.05, 4.69) is 4.99 Å². The number of esters is 1. The van der Waals surface area contributed by atoms with Crippen LogP contribution in [-0.4, -0.2) is 23.3 Å². The van der Waals surface area contributed by atoms with E-state index in [1.807, 2.05) is 6.07 Å². The maximum atomic E-state index is 14.3. The molecule has 1 aliphatic heterocycles. The average Bonchev–Trinajstić information content (AvgIpc) is 3.27. The zero-order chi connectivity index (χ0) is 30.9. The maximum absolute atomic E-state index is 14.3. The van der Waals surface area contributed by atoms with Gasteiger partial charge in [0.2, 0.25) is 0 Å². The first-order valence-corrected chi connectivity index (χ1v) is 14.6. The molecule has 3 aromatic carbocycles. The fourth-order valence-electron chi connectivity index (χ4n) is 4.48. The molecule has 0 saturated carbocycles. The molecule has 1 aromatic heterocycles. The molecular weight excluding hydrogens is 648 g/mol. The molecule has 0 bridgehead atoms. The summed E-state index contributed by atoms with van der Waals surface area (Å²) in [5.41, 5.74) is -1.59. The van der Waals surface area contributed by atoms with E-state index in [1.165, 1.54) is 37.3 Å². The number of fused-ring (bicyclic) bond motifs is 1. The van der Waals surface area contributed by atoms with Gasteiger partial charge in [-0.2, -0.15) is 13.2 Å². The molecule has 1 atom stereocenters. The van der Waals surface area contributed by atoms with E-state index in [1.54, 1.807) is 36.4 Å². The van der Waals surface area contributed by atoms with Crippen LogP contribution in [0.25, 0.3) is 6.08 Å². The Kier molecular flexibility index (Phi) is 9.03. The first-order chi connectivity index (χ1) is 20.5. The average molecular weight is 668 g/mol. The number of benzene rings is 3. The number of ether oxygens (including phenoxy) is 2. The van der Waals surface area contributed by atoms with Gasteiger partial charge in [0.1, 0.15) is 12.4 Å². The number of carbonyl (C=O) groups is 1. The molecule has 0 unspecified atom stereocenters. The van der Waals surface area contributed by atoms with Crippen molar-refractivity contribution >= 4 is 58.2 Å². The predicted molar refractivity (Wildman–Crippen MR) is 159 cm³/mol. The summed E-state index contributed by atoms with van der Waals surface area (Å²) in [4.78, 5) is 30.4. The molecule has 6 nitrogen and oxygen atoms in total. The molecule has 0 spiro atoms. The fourth-order valence-corrected chi connectivity index (χ4v) is 5.97. The highest BCUT2D eigenvalue weighted by Gasteiger charge is 2.45. The van der Waals surface area contributed by atoms with Gasteiger partial charge in [0.25, 0.3) is 5.56 Å². The summed E-state index contributed by atoms with van der Waals surface area (Å²) in [6.07, 6.45) is -3.56. The third-order valence-corrected chi connectivity index (χ3v) is 8.22. The van der Waals surface area contributed by atoms with Gasteiger partial charge >= 0.3 is 12.1 Å². The number of alkyl halides is 3. The number of nitrogens with zero attached hydrogens (tertiary/aromatic N) is 2. The quantitative estimate of drug-likeness (QED) is 0.202. The lowest BCUT2D eigenvalue weighted by Crippen LogP contribution is -2.41. The van der Waals surface area contributed by atoms with Gasteiger partial charge in [-0.15, -0.1) is 0 Å². The molecule has 222 valence electrons. The molecule has 43 heavy (non-hydrogen) atoms. The van der Waals surface area contributed by atoms with E-state index in [0.29, 0.717) is 26.4 Å². The van der Waals surface area contributed by atoms with E-state index >= 15 is 0 Å². The predicted octanol–water partition coefficient (Wildman–Crippen LogP) is 6.88. The van der Waals surface area contributed by atoms with E-state index in [0.717, 1.165) is 21.5 Å². The molecule has 5 rings (SSSR count). The summed E-state index contributed by atoms with van der Waals surface area (Å²) < 4.78 is 55.1. The first kappa shape index (κ1) is 30.9. The lowest BCUT2D eigenvalue weighted by Gasteiger charge is -2.26. The van der Waals surface area contributed by atoms with Gasteiger partial charge in [-0.1, -0.05) is 76.5 Å². The Morgan fingerprint density at radius 2 is 1.74 bits per heavy atom. The zero-order valence-electron chi connectivity index (χ0n) is 22.1. The van der Waals surface area contributed by atoms with E-state index in [9.17, 15) is 22.8 Å². The fraction of sp³-hybridized carbons (Fsp3) is 0.167. The van der Waals surface area contributed by atoms with Gasteiger partial charge in [-0.25, -0.2) is 9.79 Å². The normalized spacial score (nSPS) is 15.2. The Labute approximate surface area is 261 Å². The maximum Gasteiger partial charge on any atom is 0.434 e. The van der Waals surface area contributed by atoms with Gasteiger partial charge < -0.3 is 9.47 Å². The Hall–Kier alpha value is -3.57. The molecule has 4 aromatic rings. The SMILES string of the molecule is CCOC(=O)C1=C(C(F)(F)F)N=c2s/c(=C\c3cc(Cl)ccc3OCc3ccccc3Cl)c(=O)n2[C@H]1c1ccc(Cl)cc1. The van der Waals surface area contributed by atoms with Crippen molar-refractivity contribution < 1.29 is 27.4 Å². The van der Waals surface area contributed by atoms with Crippen molar-refractivity contribution in [1.82, 2.24) is 4.57 Å². The van der Waals surface area contributed by atoms with Crippen molar-refractivity contribution in [3.05, 3.63) is 129 Å². The molecular formula is C30H20Cl3F3N2O4S. The molecule has 2 heterocycles. The van der Waals surface area contributed by atoms with Gasteiger partial charge in [-0.3, -0.25) is 9.36 Å². The smallest absolute Gasteiger partial charge is 0.434 e. The molecule has 0 radical (unpaired) electrons. The summed E-state index contributed by atoms with van der Waals surface area (Å²) in [6.45, 7) is 1.39. The van der Waals surface area contributed by atoms with Crippen LogP contribution < -0.4 is 19.6 Å². The van der Waals surface area contributed by atoms with E-state index < -0.39 is 35.0 Å². The standard InChI is InChI=1S/C30H20Cl3F3N2O4S/c1-2-41-28(40)24-25(16-7-9-19(31)10-8-16)38-27(39)23(43-29(38)37-26(24)30(34,35)36)14-18-13-20(32)11-12-22(18)42-15-17-5-3-4-6-21(17)33/h3-14,25H,2,15H2,1H3/b23-14-/t25-/m0/s1.